The summed E-state index contributed by atoms with van der Waals surface area (Å²) in [4.78, 5) is 28.4. The molecular weight excluding hydrogens is 416 g/mol. The van der Waals surface area contributed by atoms with E-state index in [2.05, 4.69) is 33.3 Å². The first-order valence-electron chi connectivity index (χ1n) is 8.63. The number of aryl methyl sites for hydroxylation is 1. The second-order valence-electron chi connectivity index (χ2n) is 5.77. The van der Waals surface area contributed by atoms with Crippen LogP contribution in [0.25, 0.3) is 0 Å². The smallest absolute Gasteiger partial charge is 0.373 e. The number of ether oxygens (including phenoxy) is 1. The fraction of sp³-hybridized carbons (Fsp3) is 0.421. The topological polar surface area (TPSA) is 98.5 Å². The fourth-order valence-corrected chi connectivity index (χ4v) is 2.74. The predicted molar refractivity (Wildman–Crippen MR) is 101 cm³/mol. The number of carbonyl (C=O) groups is 1. The van der Waals surface area contributed by atoms with Crippen LogP contribution in [-0.4, -0.2) is 23.8 Å². The molecule has 27 heavy (non-hydrogen) atoms. The van der Waals surface area contributed by atoms with Gasteiger partial charge in [-0.2, -0.15) is 9.59 Å². The summed E-state index contributed by atoms with van der Waals surface area (Å²) >= 11 is 3.45. The molecule has 0 bridgehead atoms. The summed E-state index contributed by atoms with van der Waals surface area (Å²) in [5.74, 6) is 1.25. The molecular formula is C19H23BrN2O5. The van der Waals surface area contributed by atoms with Gasteiger partial charge in [0.15, 0.2) is 5.76 Å². The normalized spacial score (nSPS) is 9.74. The molecule has 0 saturated carbocycles. The van der Waals surface area contributed by atoms with Gasteiger partial charge in [-0.25, -0.2) is 0 Å². The van der Waals surface area contributed by atoms with Crippen molar-refractivity contribution in [1.82, 2.24) is 10.5 Å². The minimum absolute atomic E-state index is 0.0652. The van der Waals surface area contributed by atoms with Gasteiger partial charge in [0, 0.05) is 18.2 Å². The monoisotopic (exact) mass is 438 g/mol. The number of hydrogen-bond acceptors (Lipinski definition) is 6. The van der Waals surface area contributed by atoms with E-state index in [1.54, 1.807) is 18.2 Å². The van der Waals surface area contributed by atoms with Gasteiger partial charge in [-0.05, 0) is 47.5 Å². The van der Waals surface area contributed by atoms with Crippen molar-refractivity contribution >= 4 is 28.0 Å². The number of halogens is 1. The highest BCUT2D eigenvalue weighted by Crippen LogP contribution is 2.27. The van der Waals surface area contributed by atoms with Crippen LogP contribution in [0.15, 0.2) is 33.3 Å². The number of hydrogen-bond donors (Lipinski definition) is 1. The lowest BCUT2D eigenvalue weighted by Crippen LogP contribution is -2.24. The Morgan fingerprint density at radius 2 is 2.00 bits per heavy atom. The fourth-order valence-electron chi connectivity index (χ4n) is 2.25. The summed E-state index contributed by atoms with van der Waals surface area (Å²) in [6.07, 6.45) is 4.81. The first-order valence-corrected chi connectivity index (χ1v) is 9.43. The van der Waals surface area contributed by atoms with Crippen LogP contribution in [0, 0.1) is 6.92 Å². The molecule has 0 saturated heterocycles. The summed E-state index contributed by atoms with van der Waals surface area (Å²) in [5.41, 5.74) is 1.43. The van der Waals surface area contributed by atoms with Crippen LogP contribution in [-0.2, 0) is 16.2 Å². The Kier molecular flexibility index (Phi) is 10.7. The molecule has 0 fully saturated rings. The summed E-state index contributed by atoms with van der Waals surface area (Å²) in [6, 6.07) is 7.13. The van der Waals surface area contributed by atoms with E-state index in [1.807, 2.05) is 13.0 Å². The minimum Gasteiger partial charge on any atom is -0.484 e. The molecule has 1 aromatic heterocycles. The van der Waals surface area contributed by atoms with Crippen molar-refractivity contribution < 1.29 is 23.6 Å². The largest absolute Gasteiger partial charge is 0.484 e. The highest BCUT2D eigenvalue weighted by Gasteiger charge is 2.10. The Morgan fingerprint density at radius 3 is 2.59 bits per heavy atom. The summed E-state index contributed by atoms with van der Waals surface area (Å²) in [6.45, 7) is 5.03. The number of amides is 1. The molecule has 146 valence electrons. The van der Waals surface area contributed by atoms with Crippen molar-refractivity contribution in [1.29, 1.82) is 0 Å². The van der Waals surface area contributed by atoms with Crippen LogP contribution in [0.1, 0.15) is 54.4 Å². The Labute approximate surface area is 166 Å². The lowest BCUT2D eigenvalue weighted by atomic mass is 10.2. The molecule has 0 aliphatic rings. The van der Waals surface area contributed by atoms with Gasteiger partial charge < -0.3 is 14.6 Å². The van der Waals surface area contributed by atoms with E-state index in [4.69, 9.17) is 18.8 Å². The van der Waals surface area contributed by atoms with Crippen molar-refractivity contribution in [3.05, 3.63) is 45.8 Å². The molecule has 0 atom stereocenters. The van der Waals surface area contributed by atoms with Gasteiger partial charge in [0.25, 0.3) is 5.91 Å². The second-order valence-corrected chi connectivity index (χ2v) is 6.62. The van der Waals surface area contributed by atoms with Crippen LogP contribution in [0.4, 0.5) is 0 Å². The number of rotatable bonds is 9. The number of aromatic nitrogens is 1. The van der Waals surface area contributed by atoms with Crippen LogP contribution < -0.4 is 10.1 Å². The zero-order chi connectivity index (χ0) is 20.1. The molecule has 0 unspecified atom stereocenters. The molecule has 7 nitrogen and oxygen atoms in total. The molecule has 1 aromatic carbocycles. The number of unbranched alkanes of at least 4 members (excludes halogenated alkanes) is 3. The van der Waals surface area contributed by atoms with E-state index in [9.17, 15) is 4.79 Å². The standard InChI is InChI=1S/C18H23BrN2O3.CO2/c1-3-4-5-6-9-20-18(22)14-7-8-17(16(19)11-14)23-12-15-10-13(2)21-24-15;2-1-3/h7-8,10-11H,3-6,9,12H2,1-2H3,(H,20,22);. The van der Waals surface area contributed by atoms with Gasteiger partial charge in [0.2, 0.25) is 0 Å². The molecule has 1 heterocycles. The summed E-state index contributed by atoms with van der Waals surface area (Å²) in [7, 11) is 0. The average molecular weight is 439 g/mol. The van der Waals surface area contributed by atoms with Gasteiger partial charge in [0.05, 0.1) is 10.2 Å². The SMILES string of the molecule is CCCCCCNC(=O)c1ccc(OCc2cc(C)no2)c(Br)c1.O=C=O. The zero-order valence-electron chi connectivity index (χ0n) is 15.4. The third-order valence-corrected chi connectivity index (χ3v) is 4.18. The number of nitrogens with zero attached hydrogens (tertiary/aromatic N) is 1. The molecule has 0 aliphatic carbocycles. The van der Waals surface area contributed by atoms with Crippen molar-refractivity contribution in [2.45, 2.75) is 46.1 Å². The number of carbonyl (C=O) groups excluding carboxylic acids is 3. The maximum Gasteiger partial charge on any atom is 0.373 e. The quantitative estimate of drug-likeness (QED) is 0.592. The van der Waals surface area contributed by atoms with Gasteiger partial charge in [-0.1, -0.05) is 31.3 Å². The first-order chi connectivity index (χ1) is 13.0. The van der Waals surface area contributed by atoms with Crippen molar-refractivity contribution in [2.75, 3.05) is 6.54 Å². The zero-order valence-corrected chi connectivity index (χ0v) is 17.0. The van der Waals surface area contributed by atoms with Gasteiger partial charge in [0.1, 0.15) is 12.4 Å². The molecule has 1 N–H and O–H groups in total. The van der Waals surface area contributed by atoms with Crippen molar-refractivity contribution in [2.24, 2.45) is 0 Å². The maximum absolute atomic E-state index is 12.1. The van der Waals surface area contributed by atoms with Gasteiger partial charge in [-0.15, -0.1) is 0 Å². The van der Waals surface area contributed by atoms with Crippen molar-refractivity contribution in [3.8, 4) is 5.75 Å². The van der Waals surface area contributed by atoms with Crippen LogP contribution in [0.5, 0.6) is 5.75 Å². The molecule has 2 aromatic rings. The Hall–Kier alpha value is -2.44. The minimum atomic E-state index is -0.0652. The Bertz CT molecular complexity index is 754. The number of benzene rings is 1. The predicted octanol–water partition coefficient (Wildman–Crippen LogP) is 4.05. The third kappa shape index (κ3) is 8.66. The van der Waals surface area contributed by atoms with E-state index in [-0.39, 0.29) is 12.1 Å². The second kappa shape index (κ2) is 12.8. The molecule has 2 rings (SSSR count). The highest BCUT2D eigenvalue weighted by molar-refractivity contribution is 9.10. The molecule has 1 amide bonds. The van der Waals surface area contributed by atoms with Crippen molar-refractivity contribution in [3.63, 3.8) is 0 Å². The molecule has 0 radical (unpaired) electrons. The van der Waals surface area contributed by atoms with E-state index in [1.165, 1.54) is 12.8 Å². The van der Waals surface area contributed by atoms with Crippen LogP contribution >= 0.6 is 15.9 Å². The van der Waals surface area contributed by atoms with E-state index in [0.29, 0.717) is 30.2 Å². The molecule has 0 aliphatic heterocycles. The highest BCUT2D eigenvalue weighted by atomic mass is 79.9. The summed E-state index contributed by atoms with van der Waals surface area (Å²) in [5, 5.41) is 6.76. The molecule has 0 spiro atoms. The van der Waals surface area contributed by atoms with E-state index in [0.717, 1.165) is 23.0 Å². The lowest BCUT2D eigenvalue weighted by molar-refractivity contribution is -0.191. The van der Waals surface area contributed by atoms with E-state index < -0.39 is 0 Å². The Balaban J connectivity index is 0.00000114. The summed E-state index contributed by atoms with van der Waals surface area (Å²) < 4.78 is 11.5. The van der Waals surface area contributed by atoms with Gasteiger partial charge >= 0.3 is 6.15 Å². The lowest BCUT2D eigenvalue weighted by Gasteiger charge is -2.09. The first kappa shape index (κ1) is 22.6. The van der Waals surface area contributed by atoms with E-state index >= 15 is 0 Å². The maximum atomic E-state index is 12.1. The van der Waals surface area contributed by atoms with Crippen LogP contribution in [0.3, 0.4) is 0 Å². The molecule has 8 heteroatoms. The third-order valence-electron chi connectivity index (χ3n) is 3.56. The van der Waals surface area contributed by atoms with Crippen LogP contribution in [0.2, 0.25) is 0 Å². The van der Waals surface area contributed by atoms with Gasteiger partial charge in [-0.3, -0.25) is 4.79 Å². The average Bonchev–Trinajstić information content (AvgIpc) is 3.06. The Morgan fingerprint density at radius 1 is 1.26 bits per heavy atom. The number of nitrogens with one attached hydrogen (secondary N) is 1.